The highest BCUT2D eigenvalue weighted by molar-refractivity contribution is 5.26. The molecule has 1 heterocycles. The Kier molecular flexibility index (Phi) is 3.87. The first-order valence-corrected chi connectivity index (χ1v) is 6.61. The molecule has 1 aromatic heterocycles. The minimum Gasteiger partial charge on any atom is -0.387 e. The van der Waals surface area contributed by atoms with Gasteiger partial charge in [0.15, 0.2) is 0 Å². The van der Waals surface area contributed by atoms with Crippen LogP contribution in [0.2, 0.25) is 0 Å². The molecule has 0 aromatic carbocycles. The van der Waals surface area contributed by atoms with Crippen LogP contribution < -0.4 is 5.73 Å². The zero-order valence-corrected chi connectivity index (χ0v) is 11.1. The zero-order chi connectivity index (χ0) is 14.1. The zero-order valence-electron chi connectivity index (χ0n) is 11.1. The molecule has 1 aromatic rings. The second-order valence-electron chi connectivity index (χ2n) is 5.49. The lowest BCUT2D eigenvalue weighted by molar-refractivity contribution is -0.0509. The third-order valence-corrected chi connectivity index (χ3v) is 4.16. The summed E-state index contributed by atoms with van der Waals surface area (Å²) in [5, 5.41) is 9.43. The molecule has 0 aliphatic heterocycles. The van der Waals surface area contributed by atoms with Crippen LogP contribution in [0.1, 0.15) is 50.0 Å². The number of alkyl halides is 2. The molecule has 0 saturated heterocycles. The smallest absolute Gasteiger partial charge is 0.248 e. The van der Waals surface area contributed by atoms with Gasteiger partial charge in [-0.3, -0.25) is 4.98 Å². The van der Waals surface area contributed by atoms with Crippen LogP contribution in [0.4, 0.5) is 8.78 Å². The molecule has 1 atom stereocenters. The maximum Gasteiger partial charge on any atom is 0.248 e. The quantitative estimate of drug-likeness (QED) is 0.887. The number of nitrogens with two attached hydrogens (primary N) is 1. The average molecular weight is 270 g/mol. The largest absolute Gasteiger partial charge is 0.387 e. The van der Waals surface area contributed by atoms with Crippen molar-refractivity contribution in [3.8, 4) is 0 Å². The Morgan fingerprint density at radius 1 is 1.32 bits per heavy atom. The summed E-state index contributed by atoms with van der Waals surface area (Å²) in [4.78, 5) is 4.19. The molecule has 0 amide bonds. The second kappa shape index (κ2) is 5.13. The van der Waals surface area contributed by atoms with Gasteiger partial charge in [0, 0.05) is 31.0 Å². The number of aliphatic hydroxyl groups excluding tert-OH is 1. The van der Waals surface area contributed by atoms with Gasteiger partial charge in [0.05, 0.1) is 11.8 Å². The summed E-state index contributed by atoms with van der Waals surface area (Å²) in [5.41, 5.74) is 6.92. The maximum absolute atomic E-state index is 13.3. The first kappa shape index (κ1) is 14.3. The molecule has 3 nitrogen and oxygen atoms in total. The lowest BCUT2D eigenvalue weighted by Gasteiger charge is -2.39. The molecule has 1 saturated carbocycles. The standard InChI is InChI=1S/C14H20F2N2O/c1-10(19)12-3-2-11(8-18-12)13(9-17)4-6-14(15,16)7-5-13/h2-3,8,10,19H,4-7,9,17H2,1H3/t10-/m0/s1. The van der Waals surface area contributed by atoms with Crippen LogP contribution in [0.3, 0.4) is 0 Å². The van der Waals surface area contributed by atoms with Crippen molar-refractivity contribution in [2.75, 3.05) is 6.54 Å². The Morgan fingerprint density at radius 2 is 1.95 bits per heavy atom. The van der Waals surface area contributed by atoms with Gasteiger partial charge in [-0.1, -0.05) is 6.07 Å². The highest BCUT2D eigenvalue weighted by Crippen LogP contribution is 2.44. The summed E-state index contributed by atoms with van der Waals surface area (Å²) in [5.74, 6) is -2.56. The van der Waals surface area contributed by atoms with E-state index in [0.29, 0.717) is 25.1 Å². The van der Waals surface area contributed by atoms with Crippen LogP contribution in [0.25, 0.3) is 0 Å². The van der Waals surface area contributed by atoms with Gasteiger partial charge in [-0.05, 0) is 31.4 Å². The van der Waals surface area contributed by atoms with Crippen LogP contribution in [0.5, 0.6) is 0 Å². The lowest BCUT2D eigenvalue weighted by atomic mass is 9.69. The van der Waals surface area contributed by atoms with Crippen molar-refractivity contribution in [2.24, 2.45) is 5.73 Å². The first-order valence-electron chi connectivity index (χ1n) is 6.61. The van der Waals surface area contributed by atoms with Crippen molar-refractivity contribution in [3.63, 3.8) is 0 Å². The Morgan fingerprint density at radius 3 is 2.37 bits per heavy atom. The number of pyridine rings is 1. The predicted octanol–water partition coefficient (Wildman–Crippen LogP) is 2.54. The molecule has 0 radical (unpaired) electrons. The van der Waals surface area contributed by atoms with Crippen LogP contribution in [-0.2, 0) is 5.41 Å². The van der Waals surface area contributed by atoms with Crippen molar-refractivity contribution in [2.45, 2.75) is 50.0 Å². The van der Waals surface area contributed by atoms with E-state index in [1.807, 2.05) is 6.07 Å². The highest BCUT2D eigenvalue weighted by atomic mass is 19.3. The lowest BCUT2D eigenvalue weighted by Crippen LogP contribution is -2.42. The van der Waals surface area contributed by atoms with E-state index in [9.17, 15) is 13.9 Å². The SMILES string of the molecule is C[C@H](O)c1ccc(C2(CN)CCC(F)(F)CC2)cn1. The molecule has 0 bridgehead atoms. The molecule has 0 spiro atoms. The average Bonchev–Trinajstić information content (AvgIpc) is 2.40. The molecule has 5 heteroatoms. The van der Waals surface area contributed by atoms with E-state index in [1.54, 1.807) is 19.2 Å². The third-order valence-electron chi connectivity index (χ3n) is 4.16. The molecule has 0 unspecified atom stereocenters. The topological polar surface area (TPSA) is 59.1 Å². The van der Waals surface area contributed by atoms with Crippen LogP contribution >= 0.6 is 0 Å². The Labute approximate surface area is 111 Å². The number of nitrogens with zero attached hydrogens (tertiary/aromatic N) is 1. The van der Waals surface area contributed by atoms with Crippen molar-refractivity contribution >= 4 is 0 Å². The van der Waals surface area contributed by atoms with Crippen molar-refractivity contribution < 1.29 is 13.9 Å². The van der Waals surface area contributed by atoms with Gasteiger partial charge in [0.1, 0.15) is 0 Å². The van der Waals surface area contributed by atoms with Crippen LogP contribution in [0.15, 0.2) is 18.3 Å². The van der Waals surface area contributed by atoms with Crippen LogP contribution in [0, 0.1) is 0 Å². The minimum absolute atomic E-state index is 0.123. The summed E-state index contributed by atoms with van der Waals surface area (Å²) in [6.45, 7) is 1.99. The third kappa shape index (κ3) is 2.92. The van der Waals surface area contributed by atoms with Crippen LogP contribution in [-0.4, -0.2) is 22.6 Å². The number of halogens is 2. The molecular formula is C14H20F2N2O. The number of hydrogen-bond donors (Lipinski definition) is 2. The van der Waals surface area contributed by atoms with E-state index in [4.69, 9.17) is 5.73 Å². The molecule has 3 N–H and O–H groups in total. The summed E-state index contributed by atoms with van der Waals surface area (Å²) < 4.78 is 26.6. The van der Waals surface area contributed by atoms with Gasteiger partial charge < -0.3 is 10.8 Å². The fourth-order valence-corrected chi connectivity index (χ4v) is 2.67. The molecule has 1 fully saturated rings. The molecule has 2 rings (SSSR count). The molecule has 19 heavy (non-hydrogen) atoms. The van der Waals surface area contributed by atoms with Gasteiger partial charge in [0.25, 0.3) is 0 Å². The van der Waals surface area contributed by atoms with E-state index < -0.39 is 17.4 Å². The van der Waals surface area contributed by atoms with E-state index in [0.717, 1.165) is 5.56 Å². The number of aromatic nitrogens is 1. The molecule has 106 valence electrons. The van der Waals surface area contributed by atoms with E-state index in [-0.39, 0.29) is 12.8 Å². The first-order chi connectivity index (χ1) is 8.88. The van der Waals surface area contributed by atoms with Crippen molar-refractivity contribution in [1.82, 2.24) is 4.98 Å². The predicted molar refractivity (Wildman–Crippen MR) is 69.0 cm³/mol. The maximum atomic E-state index is 13.3. The van der Waals surface area contributed by atoms with Gasteiger partial charge >= 0.3 is 0 Å². The molecular weight excluding hydrogens is 250 g/mol. The minimum atomic E-state index is -2.56. The monoisotopic (exact) mass is 270 g/mol. The molecule has 1 aliphatic carbocycles. The van der Waals surface area contributed by atoms with Gasteiger partial charge in [-0.15, -0.1) is 0 Å². The van der Waals surface area contributed by atoms with Gasteiger partial charge in [-0.25, -0.2) is 8.78 Å². The Balaban J connectivity index is 2.22. The Hall–Kier alpha value is -1.07. The fourth-order valence-electron chi connectivity index (χ4n) is 2.67. The summed E-state index contributed by atoms with van der Waals surface area (Å²) in [7, 11) is 0. The normalized spacial score (nSPS) is 23.0. The van der Waals surface area contributed by atoms with Crippen molar-refractivity contribution in [1.29, 1.82) is 0 Å². The molecule has 1 aliphatic rings. The van der Waals surface area contributed by atoms with E-state index >= 15 is 0 Å². The Bertz CT molecular complexity index is 422. The van der Waals surface area contributed by atoms with Crippen molar-refractivity contribution in [3.05, 3.63) is 29.6 Å². The number of aliphatic hydroxyl groups is 1. The van der Waals surface area contributed by atoms with E-state index in [1.165, 1.54) is 0 Å². The van der Waals surface area contributed by atoms with E-state index in [2.05, 4.69) is 4.98 Å². The number of hydrogen-bond acceptors (Lipinski definition) is 3. The van der Waals surface area contributed by atoms with Gasteiger partial charge in [0.2, 0.25) is 5.92 Å². The fraction of sp³-hybridized carbons (Fsp3) is 0.643. The van der Waals surface area contributed by atoms with Gasteiger partial charge in [-0.2, -0.15) is 0 Å². The second-order valence-corrected chi connectivity index (χ2v) is 5.49. The summed E-state index contributed by atoms with van der Waals surface area (Å²) in [6.07, 6.45) is 1.56. The highest BCUT2D eigenvalue weighted by Gasteiger charge is 2.43. The summed E-state index contributed by atoms with van der Waals surface area (Å²) in [6, 6.07) is 3.59. The number of rotatable bonds is 3. The summed E-state index contributed by atoms with van der Waals surface area (Å²) >= 11 is 0.